The van der Waals surface area contributed by atoms with Crippen molar-refractivity contribution in [3.8, 4) is 5.75 Å². The van der Waals surface area contributed by atoms with Gasteiger partial charge in [-0.15, -0.1) is 0 Å². The Balaban J connectivity index is 1.49. The third kappa shape index (κ3) is 2.70. The zero-order valence-corrected chi connectivity index (χ0v) is 14.4. The molecule has 4 rings (SSSR count). The highest BCUT2D eigenvalue weighted by Crippen LogP contribution is 2.49. The lowest BCUT2D eigenvalue weighted by Gasteiger charge is -2.35. The van der Waals surface area contributed by atoms with E-state index >= 15 is 0 Å². The van der Waals surface area contributed by atoms with Crippen LogP contribution in [0, 0.1) is 12.3 Å². The van der Waals surface area contributed by atoms with Gasteiger partial charge in [0.05, 0.1) is 0 Å². The first-order chi connectivity index (χ1) is 12.1. The van der Waals surface area contributed by atoms with Gasteiger partial charge in [0.25, 0.3) is 0 Å². The van der Waals surface area contributed by atoms with Crippen LogP contribution in [0.5, 0.6) is 5.75 Å². The molecular weight excluding hydrogens is 318 g/mol. The van der Waals surface area contributed by atoms with Crippen LogP contribution in [0.1, 0.15) is 23.7 Å². The standard InChI is InChI=1S/C19H23N3O3/c1-14-20-7-10-22(14)9-4-8-21-11-16-15-5-2-3-6-17(15)25-13-19(16,12-21)18(23)24/h2-3,5-7,10,16H,4,8-9,11-13H2,1H3,(H,23,24). The van der Waals surface area contributed by atoms with E-state index in [1.807, 2.05) is 43.6 Å². The van der Waals surface area contributed by atoms with E-state index in [9.17, 15) is 9.90 Å². The molecule has 2 aromatic rings. The van der Waals surface area contributed by atoms with E-state index in [2.05, 4.69) is 14.5 Å². The molecule has 2 atom stereocenters. The lowest BCUT2D eigenvalue weighted by Crippen LogP contribution is -2.45. The van der Waals surface area contributed by atoms with Crippen molar-refractivity contribution in [2.75, 3.05) is 26.2 Å². The summed E-state index contributed by atoms with van der Waals surface area (Å²) in [4.78, 5) is 18.6. The van der Waals surface area contributed by atoms with Crippen molar-refractivity contribution in [3.63, 3.8) is 0 Å². The molecule has 0 bridgehead atoms. The predicted molar refractivity (Wildman–Crippen MR) is 92.8 cm³/mol. The monoisotopic (exact) mass is 341 g/mol. The molecule has 1 fully saturated rings. The number of aliphatic carboxylic acids is 1. The number of hydrogen-bond donors (Lipinski definition) is 1. The molecule has 0 aliphatic carbocycles. The second-order valence-electron chi connectivity index (χ2n) is 7.10. The zero-order valence-electron chi connectivity index (χ0n) is 14.4. The molecule has 0 amide bonds. The maximum absolute atomic E-state index is 12.1. The molecule has 1 saturated heterocycles. The van der Waals surface area contributed by atoms with Crippen LogP contribution in [0.15, 0.2) is 36.7 Å². The molecular formula is C19H23N3O3. The average molecular weight is 341 g/mol. The van der Waals surface area contributed by atoms with Crippen molar-refractivity contribution in [2.45, 2.75) is 25.8 Å². The van der Waals surface area contributed by atoms with E-state index in [0.29, 0.717) is 6.54 Å². The topological polar surface area (TPSA) is 67.6 Å². The number of para-hydroxylation sites is 1. The molecule has 25 heavy (non-hydrogen) atoms. The van der Waals surface area contributed by atoms with E-state index in [1.165, 1.54) is 0 Å². The molecule has 0 radical (unpaired) electrons. The van der Waals surface area contributed by atoms with E-state index in [1.54, 1.807) is 0 Å². The SMILES string of the molecule is Cc1nccn1CCCN1CC2c3ccccc3OCC2(C(=O)O)C1. The summed E-state index contributed by atoms with van der Waals surface area (Å²) in [6, 6.07) is 7.85. The number of carbonyl (C=O) groups is 1. The number of likely N-dealkylation sites (tertiary alicyclic amines) is 1. The first-order valence-electron chi connectivity index (χ1n) is 8.75. The summed E-state index contributed by atoms with van der Waals surface area (Å²) in [5.41, 5.74) is 0.198. The van der Waals surface area contributed by atoms with Crippen LogP contribution < -0.4 is 4.74 Å². The molecule has 1 N–H and O–H groups in total. The van der Waals surface area contributed by atoms with Gasteiger partial charge in [-0.1, -0.05) is 18.2 Å². The number of carboxylic acids is 1. The smallest absolute Gasteiger partial charge is 0.315 e. The highest BCUT2D eigenvalue weighted by molar-refractivity contribution is 5.78. The van der Waals surface area contributed by atoms with Gasteiger partial charge in [0.15, 0.2) is 0 Å². The number of nitrogens with zero attached hydrogens (tertiary/aromatic N) is 3. The van der Waals surface area contributed by atoms with Gasteiger partial charge in [-0.3, -0.25) is 4.79 Å². The first kappa shape index (κ1) is 16.1. The summed E-state index contributed by atoms with van der Waals surface area (Å²) in [5, 5.41) is 9.94. The fourth-order valence-corrected chi connectivity index (χ4v) is 4.21. The number of hydrogen-bond acceptors (Lipinski definition) is 4. The van der Waals surface area contributed by atoms with Gasteiger partial charge in [-0.05, 0) is 31.5 Å². The van der Waals surface area contributed by atoms with E-state index in [-0.39, 0.29) is 12.5 Å². The molecule has 3 heterocycles. The van der Waals surface area contributed by atoms with Gasteiger partial charge in [0, 0.05) is 37.9 Å². The van der Waals surface area contributed by atoms with E-state index in [4.69, 9.17) is 4.74 Å². The lowest BCUT2D eigenvalue weighted by molar-refractivity contribution is -0.151. The number of fused-ring (bicyclic) bond motifs is 3. The van der Waals surface area contributed by atoms with Gasteiger partial charge in [-0.2, -0.15) is 0 Å². The van der Waals surface area contributed by atoms with Crippen LogP contribution in [0.25, 0.3) is 0 Å². The molecule has 2 aliphatic rings. The number of rotatable bonds is 5. The van der Waals surface area contributed by atoms with Crippen LogP contribution in [0.4, 0.5) is 0 Å². The highest BCUT2D eigenvalue weighted by Gasteiger charge is 2.56. The highest BCUT2D eigenvalue weighted by atomic mass is 16.5. The predicted octanol–water partition coefficient (Wildman–Crippen LogP) is 2.14. The van der Waals surface area contributed by atoms with Crippen molar-refractivity contribution in [3.05, 3.63) is 48.0 Å². The summed E-state index contributed by atoms with van der Waals surface area (Å²) in [6.45, 7) is 5.35. The average Bonchev–Trinajstić information content (AvgIpc) is 3.19. The first-order valence-corrected chi connectivity index (χ1v) is 8.75. The Hall–Kier alpha value is -2.34. The minimum absolute atomic E-state index is 0.00932. The van der Waals surface area contributed by atoms with Gasteiger partial charge in [0.2, 0.25) is 0 Å². The Kier molecular flexibility index (Phi) is 4.00. The lowest BCUT2D eigenvalue weighted by atomic mass is 9.73. The molecule has 0 spiro atoms. The van der Waals surface area contributed by atoms with E-state index < -0.39 is 11.4 Å². The third-order valence-electron chi connectivity index (χ3n) is 5.62. The van der Waals surface area contributed by atoms with Crippen LogP contribution in [0.2, 0.25) is 0 Å². The number of imidazole rings is 1. The van der Waals surface area contributed by atoms with Crippen molar-refractivity contribution < 1.29 is 14.6 Å². The fraction of sp³-hybridized carbons (Fsp3) is 0.474. The maximum atomic E-state index is 12.1. The number of aromatic nitrogens is 2. The molecule has 132 valence electrons. The minimum Gasteiger partial charge on any atom is -0.492 e. The molecule has 1 aromatic carbocycles. The summed E-state index contributed by atoms with van der Waals surface area (Å²) in [7, 11) is 0. The quantitative estimate of drug-likeness (QED) is 0.902. The van der Waals surface area contributed by atoms with Crippen molar-refractivity contribution in [2.24, 2.45) is 5.41 Å². The second-order valence-corrected chi connectivity index (χ2v) is 7.10. The Morgan fingerprint density at radius 1 is 1.40 bits per heavy atom. The Morgan fingerprint density at radius 2 is 2.24 bits per heavy atom. The molecule has 1 aromatic heterocycles. The summed E-state index contributed by atoms with van der Waals surface area (Å²) < 4.78 is 7.94. The largest absolute Gasteiger partial charge is 0.492 e. The number of benzene rings is 1. The number of ether oxygens (including phenoxy) is 1. The van der Waals surface area contributed by atoms with Crippen LogP contribution in [0.3, 0.4) is 0 Å². The van der Waals surface area contributed by atoms with Gasteiger partial charge in [0.1, 0.15) is 23.6 Å². The van der Waals surface area contributed by atoms with Crippen molar-refractivity contribution in [1.29, 1.82) is 0 Å². The summed E-state index contributed by atoms with van der Waals surface area (Å²) in [5.74, 6) is 1.09. The van der Waals surface area contributed by atoms with Gasteiger partial charge < -0.3 is 19.3 Å². The van der Waals surface area contributed by atoms with Gasteiger partial charge >= 0.3 is 5.97 Å². The summed E-state index contributed by atoms with van der Waals surface area (Å²) in [6.07, 6.45) is 4.78. The van der Waals surface area contributed by atoms with Gasteiger partial charge in [-0.25, -0.2) is 4.98 Å². The van der Waals surface area contributed by atoms with Crippen LogP contribution >= 0.6 is 0 Å². The van der Waals surface area contributed by atoms with E-state index in [0.717, 1.165) is 43.2 Å². The number of carboxylic acid groups (broad SMARTS) is 1. The van der Waals surface area contributed by atoms with Crippen molar-refractivity contribution >= 4 is 5.97 Å². The molecule has 2 unspecified atom stereocenters. The Bertz CT molecular complexity index is 788. The fourth-order valence-electron chi connectivity index (χ4n) is 4.21. The maximum Gasteiger partial charge on any atom is 0.315 e. The normalized spacial score (nSPS) is 25.2. The second kappa shape index (κ2) is 6.19. The third-order valence-corrected chi connectivity index (χ3v) is 5.62. The Morgan fingerprint density at radius 3 is 3.00 bits per heavy atom. The molecule has 6 heteroatoms. The molecule has 2 aliphatic heterocycles. The zero-order chi connectivity index (χ0) is 17.4. The van der Waals surface area contributed by atoms with Crippen LogP contribution in [-0.4, -0.2) is 51.8 Å². The van der Waals surface area contributed by atoms with Crippen molar-refractivity contribution in [1.82, 2.24) is 14.5 Å². The Labute approximate surface area is 147 Å². The molecule has 0 saturated carbocycles. The van der Waals surface area contributed by atoms with Crippen LogP contribution in [-0.2, 0) is 11.3 Å². The summed E-state index contributed by atoms with van der Waals surface area (Å²) >= 11 is 0. The molecule has 6 nitrogen and oxygen atoms in total. The number of aryl methyl sites for hydroxylation is 2. The minimum atomic E-state index is -0.834.